The lowest BCUT2D eigenvalue weighted by molar-refractivity contribution is 0.0954. The average Bonchev–Trinajstić information content (AvgIpc) is 2.82. The van der Waals surface area contributed by atoms with Gasteiger partial charge in [-0.2, -0.15) is 5.10 Å². The number of halogens is 2. The molecular weight excluding hydrogens is 392 g/mol. The van der Waals surface area contributed by atoms with E-state index < -0.39 is 0 Å². The quantitative estimate of drug-likeness (QED) is 0.681. The summed E-state index contributed by atoms with van der Waals surface area (Å²) in [5.41, 5.74) is 3.59. The van der Waals surface area contributed by atoms with Gasteiger partial charge in [0.05, 0.1) is 21.5 Å². The number of carbonyl (C=O) groups is 1. The molecule has 1 heterocycles. The van der Waals surface area contributed by atoms with Crippen molar-refractivity contribution in [3.05, 3.63) is 45.7 Å². The highest BCUT2D eigenvalue weighted by Gasteiger charge is 2.11. The summed E-state index contributed by atoms with van der Waals surface area (Å²) in [6.45, 7) is 8.48. The molecule has 132 valence electrons. The van der Waals surface area contributed by atoms with Gasteiger partial charge in [0.1, 0.15) is 0 Å². The van der Waals surface area contributed by atoms with Crippen LogP contribution in [-0.4, -0.2) is 35.3 Å². The Morgan fingerprint density at radius 1 is 1.17 bits per heavy atom. The van der Waals surface area contributed by atoms with Crippen LogP contribution in [0.1, 0.15) is 35.1 Å². The number of aryl methyl sites for hydroxylation is 1. The highest BCUT2D eigenvalue weighted by molar-refractivity contribution is 9.10. The van der Waals surface area contributed by atoms with E-state index in [0.29, 0.717) is 12.1 Å². The van der Waals surface area contributed by atoms with Crippen LogP contribution in [0.2, 0.25) is 0 Å². The van der Waals surface area contributed by atoms with Crippen LogP contribution in [0, 0.1) is 13.8 Å². The van der Waals surface area contributed by atoms with Gasteiger partial charge in [0, 0.05) is 18.7 Å². The number of hydrogen-bond donors (Lipinski definition) is 2. The first kappa shape index (κ1) is 20.7. The minimum absolute atomic E-state index is 0. The molecule has 24 heavy (non-hydrogen) atoms. The van der Waals surface area contributed by atoms with E-state index in [4.69, 9.17) is 0 Å². The van der Waals surface area contributed by atoms with E-state index in [-0.39, 0.29) is 18.3 Å². The van der Waals surface area contributed by atoms with Crippen molar-refractivity contribution in [2.75, 3.05) is 19.6 Å². The predicted molar refractivity (Wildman–Crippen MR) is 103 cm³/mol. The molecule has 2 aromatic rings. The fraction of sp³-hybridized carbons (Fsp3) is 0.412. The van der Waals surface area contributed by atoms with Gasteiger partial charge < -0.3 is 10.6 Å². The number of rotatable bonds is 7. The summed E-state index contributed by atoms with van der Waals surface area (Å²) in [4.78, 5) is 12.1. The SMILES string of the molecule is CCCNCCNC(=O)c1ccc(-n2nc(C)c(Br)c2C)cc1.Cl. The number of hydrogen-bond acceptors (Lipinski definition) is 3. The van der Waals surface area contributed by atoms with Crippen molar-refractivity contribution in [3.63, 3.8) is 0 Å². The van der Waals surface area contributed by atoms with Crippen LogP contribution in [0.5, 0.6) is 0 Å². The van der Waals surface area contributed by atoms with E-state index in [2.05, 4.69) is 38.6 Å². The monoisotopic (exact) mass is 414 g/mol. The topological polar surface area (TPSA) is 58.9 Å². The van der Waals surface area contributed by atoms with E-state index >= 15 is 0 Å². The zero-order chi connectivity index (χ0) is 16.8. The molecule has 2 rings (SSSR count). The van der Waals surface area contributed by atoms with Gasteiger partial charge in [0.2, 0.25) is 0 Å². The molecule has 1 aromatic heterocycles. The number of carbonyl (C=O) groups excluding carboxylic acids is 1. The normalized spacial score (nSPS) is 10.3. The van der Waals surface area contributed by atoms with Crippen molar-refractivity contribution in [1.29, 1.82) is 0 Å². The lowest BCUT2D eigenvalue weighted by Gasteiger charge is -2.08. The van der Waals surface area contributed by atoms with Gasteiger partial charge in [-0.15, -0.1) is 12.4 Å². The highest BCUT2D eigenvalue weighted by Crippen LogP contribution is 2.23. The predicted octanol–water partition coefficient (Wildman–Crippen LogP) is 3.40. The molecule has 2 N–H and O–H groups in total. The Hall–Kier alpha value is -1.37. The molecule has 1 amide bonds. The van der Waals surface area contributed by atoms with Gasteiger partial charge in [0.15, 0.2) is 0 Å². The standard InChI is InChI=1S/C17H23BrN4O.ClH/c1-4-9-19-10-11-20-17(23)14-5-7-15(8-6-14)22-13(3)16(18)12(2)21-22;/h5-8,19H,4,9-11H2,1-3H3,(H,20,23);1H. The Morgan fingerprint density at radius 3 is 2.38 bits per heavy atom. The third-order valence-corrected chi connectivity index (χ3v) is 4.74. The largest absolute Gasteiger partial charge is 0.351 e. The van der Waals surface area contributed by atoms with Crippen molar-refractivity contribution in [1.82, 2.24) is 20.4 Å². The second-order valence-corrected chi connectivity index (χ2v) is 6.24. The van der Waals surface area contributed by atoms with Gasteiger partial charge in [-0.3, -0.25) is 4.79 Å². The van der Waals surface area contributed by atoms with E-state index in [1.54, 1.807) is 0 Å². The third-order valence-electron chi connectivity index (χ3n) is 3.59. The second kappa shape index (κ2) is 9.81. The first-order chi connectivity index (χ1) is 11.0. The number of amides is 1. The number of nitrogens with one attached hydrogen (secondary N) is 2. The molecule has 1 aromatic carbocycles. The van der Waals surface area contributed by atoms with Crippen LogP contribution in [-0.2, 0) is 0 Å². The van der Waals surface area contributed by atoms with E-state index in [0.717, 1.165) is 41.1 Å². The summed E-state index contributed by atoms with van der Waals surface area (Å²) in [6.07, 6.45) is 1.10. The Labute approximate surface area is 157 Å². The molecule has 0 unspecified atom stereocenters. The molecule has 5 nitrogen and oxygen atoms in total. The number of nitrogens with zero attached hydrogens (tertiary/aromatic N) is 2. The molecule has 0 saturated carbocycles. The van der Waals surface area contributed by atoms with Crippen LogP contribution < -0.4 is 10.6 Å². The molecule has 0 spiro atoms. The Balaban J connectivity index is 0.00000288. The van der Waals surface area contributed by atoms with Crippen LogP contribution in [0.25, 0.3) is 5.69 Å². The lowest BCUT2D eigenvalue weighted by atomic mass is 10.2. The molecule has 0 bridgehead atoms. The van der Waals surface area contributed by atoms with Crippen molar-refractivity contribution in [3.8, 4) is 5.69 Å². The number of aromatic nitrogens is 2. The van der Waals surface area contributed by atoms with E-state index in [1.165, 1.54) is 0 Å². The fourth-order valence-electron chi connectivity index (χ4n) is 2.30. The summed E-state index contributed by atoms with van der Waals surface area (Å²) >= 11 is 3.53. The van der Waals surface area contributed by atoms with Gasteiger partial charge in [-0.05, 0) is 67.0 Å². The van der Waals surface area contributed by atoms with E-state index in [1.807, 2.05) is 42.8 Å². The fourth-order valence-corrected chi connectivity index (χ4v) is 2.54. The maximum atomic E-state index is 12.1. The zero-order valence-electron chi connectivity index (χ0n) is 14.2. The summed E-state index contributed by atoms with van der Waals surface area (Å²) in [7, 11) is 0. The maximum absolute atomic E-state index is 12.1. The first-order valence-corrected chi connectivity index (χ1v) is 8.65. The lowest BCUT2D eigenvalue weighted by Crippen LogP contribution is -2.32. The summed E-state index contributed by atoms with van der Waals surface area (Å²) in [5, 5.41) is 10.7. The molecule has 0 fully saturated rings. The van der Waals surface area contributed by atoms with Crippen molar-refractivity contribution < 1.29 is 4.79 Å². The van der Waals surface area contributed by atoms with Crippen LogP contribution in [0.15, 0.2) is 28.7 Å². The summed E-state index contributed by atoms with van der Waals surface area (Å²) in [6, 6.07) is 7.48. The molecule has 0 saturated heterocycles. The Bertz CT molecular complexity index is 670. The van der Waals surface area contributed by atoms with Crippen LogP contribution in [0.4, 0.5) is 0 Å². The molecule has 0 aliphatic rings. The maximum Gasteiger partial charge on any atom is 0.251 e. The van der Waals surface area contributed by atoms with Gasteiger partial charge in [-0.25, -0.2) is 4.68 Å². The molecule has 0 radical (unpaired) electrons. The third kappa shape index (κ3) is 5.06. The van der Waals surface area contributed by atoms with Crippen molar-refractivity contribution in [2.24, 2.45) is 0 Å². The number of benzene rings is 1. The molecule has 0 atom stereocenters. The van der Waals surface area contributed by atoms with Gasteiger partial charge in [-0.1, -0.05) is 6.92 Å². The van der Waals surface area contributed by atoms with Crippen LogP contribution >= 0.6 is 28.3 Å². The molecule has 0 aliphatic heterocycles. The molecular formula is C17H24BrClN4O. The van der Waals surface area contributed by atoms with Gasteiger partial charge >= 0.3 is 0 Å². The molecule has 7 heteroatoms. The summed E-state index contributed by atoms with van der Waals surface area (Å²) < 4.78 is 2.88. The van der Waals surface area contributed by atoms with Crippen LogP contribution in [0.3, 0.4) is 0 Å². The second-order valence-electron chi connectivity index (χ2n) is 5.45. The Kier molecular flexibility index (Phi) is 8.45. The average molecular weight is 416 g/mol. The first-order valence-electron chi connectivity index (χ1n) is 7.85. The van der Waals surface area contributed by atoms with Crippen molar-refractivity contribution >= 4 is 34.2 Å². The molecule has 0 aliphatic carbocycles. The Morgan fingerprint density at radius 2 is 1.83 bits per heavy atom. The highest BCUT2D eigenvalue weighted by atomic mass is 79.9. The smallest absolute Gasteiger partial charge is 0.251 e. The summed E-state index contributed by atoms with van der Waals surface area (Å²) in [5.74, 6) is -0.0515. The van der Waals surface area contributed by atoms with E-state index in [9.17, 15) is 4.79 Å². The minimum atomic E-state index is -0.0515. The van der Waals surface area contributed by atoms with Crippen molar-refractivity contribution in [2.45, 2.75) is 27.2 Å². The zero-order valence-corrected chi connectivity index (χ0v) is 16.6. The van der Waals surface area contributed by atoms with Gasteiger partial charge in [0.25, 0.3) is 5.91 Å². The minimum Gasteiger partial charge on any atom is -0.351 e.